The predicted octanol–water partition coefficient (Wildman–Crippen LogP) is 4.05. The number of anilines is 1. The van der Waals surface area contributed by atoms with Gasteiger partial charge in [-0.05, 0) is 29.7 Å². The van der Waals surface area contributed by atoms with Gasteiger partial charge in [-0.3, -0.25) is 9.59 Å². The van der Waals surface area contributed by atoms with Crippen molar-refractivity contribution in [1.29, 1.82) is 0 Å². The van der Waals surface area contributed by atoms with E-state index in [0.29, 0.717) is 6.42 Å². The number of carbonyl (C=O) groups is 2. The van der Waals surface area contributed by atoms with Crippen LogP contribution in [-0.2, 0) is 11.2 Å². The van der Waals surface area contributed by atoms with E-state index < -0.39 is 0 Å². The van der Waals surface area contributed by atoms with Crippen molar-refractivity contribution >= 4 is 34.3 Å². The van der Waals surface area contributed by atoms with Crippen molar-refractivity contribution in [2.75, 3.05) is 11.1 Å². The molecule has 3 rings (SSSR count). The molecule has 1 atom stereocenters. The van der Waals surface area contributed by atoms with Gasteiger partial charge in [0.25, 0.3) is 5.24 Å². The molecule has 0 saturated carbocycles. The van der Waals surface area contributed by atoms with Gasteiger partial charge in [-0.25, -0.2) is 5.43 Å². The van der Waals surface area contributed by atoms with E-state index in [1.807, 2.05) is 49.4 Å². The van der Waals surface area contributed by atoms with Crippen molar-refractivity contribution in [3.63, 3.8) is 0 Å². The largest absolute Gasteiger partial charge is 0.317 e. The molecule has 1 heterocycles. The molecule has 0 aromatic heterocycles. The summed E-state index contributed by atoms with van der Waals surface area (Å²) in [6, 6.07) is 17.7. The Morgan fingerprint density at radius 2 is 1.92 bits per heavy atom. The summed E-state index contributed by atoms with van der Waals surface area (Å²) in [7, 11) is 0. The standard InChI is InChI=1S/C20H21N3O2S/c1-14-13-18(24)22-23-19(14)16-7-9-17(10-8-16)21-20(25)26-12-11-15-5-3-2-4-6-15/h2-10,14H,11-13H2,1H3,(H,21,25)(H,22,24). The van der Waals surface area contributed by atoms with Crippen LogP contribution >= 0.6 is 11.8 Å². The second-order valence-electron chi connectivity index (χ2n) is 6.21. The highest BCUT2D eigenvalue weighted by atomic mass is 32.2. The third kappa shape index (κ3) is 4.95. The summed E-state index contributed by atoms with van der Waals surface area (Å²) < 4.78 is 0. The molecule has 1 aliphatic rings. The molecule has 1 aliphatic heterocycles. The minimum Gasteiger partial charge on any atom is -0.317 e. The third-order valence-electron chi connectivity index (χ3n) is 4.15. The lowest BCUT2D eigenvalue weighted by atomic mass is 9.94. The van der Waals surface area contributed by atoms with Gasteiger partial charge < -0.3 is 5.32 Å². The summed E-state index contributed by atoms with van der Waals surface area (Å²) in [5, 5.41) is 6.97. The van der Waals surface area contributed by atoms with Crippen LogP contribution in [0.5, 0.6) is 0 Å². The highest BCUT2D eigenvalue weighted by molar-refractivity contribution is 8.13. The first-order valence-electron chi connectivity index (χ1n) is 8.56. The first-order chi connectivity index (χ1) is 12.6. The maximum absolute atomic E-state index is 12.1. The topological polar surface area (TPSA) is 70.6 Å². The van der Waals surface area contributed by atoms with Crippen LogP contribution in [0.15, 0.2) is 59.7 Å². The molecular formula is C20H21N3O2S. The van der Waals surface area contributed by atoms with Gasteiger partial charge in [-0.2, -0.15) is 5.10 Å². The maximum Gasteiger partial charge on any atom is 0.283 e. The molecule has 26 heavy (non-hydrogen) atoms. The van der Waals surface area contributed by atoms with Crippen LogP contribution in [0.25, 0.3) is 0 Å². The van der Waals surface area contributed by atoms with Crippen molar-refractivity contribution in [3.05, 3.63) is 65.7 Å². The fourth-order valence-corrected chi connectivity index (χ4v) is 3.50. The van der Waals surface area contributed by atoms with Gasteiger partial charge >= 0.3 is 0 Å². The average molecular weight is 367 g/mol. The van der Waals surface area contributed by atoms with Gasteiger partial charge in [-0.15, -0.1) is 0 Å². The second-order valence-corrected chi connectivity index (χ2v) is 7.28. The minimum absolute atomic E-state index is 0.0577. The summed E-state index contributed by atoms with van der Waals surface area (Å²) in [6.07, 6.45) is 1.30. The Morgan fingerprint density at radius 3 is 2.62 bits per heavy atom. The first-order valence-corrected chi connectivity index (χ1v) is 9.55. The number of nitrogens with zero attached hydrogens (tertiary/aromatic N) is 1. The summed E-state index contributed by atoms with van der Waals surface area (Å²) in [5.41, 5.74) is 6.31. The molecule has 1 unspecified atom stereocenters. The van der Waals surface area contributed by atoms with Crippen molar-refractivity contribution in [1.82, 2.24) is 5.43 Å². The summed E-state index contributed by atoms with van der Waals surface area (Å²) in [6.45, 7) is 1.98. The number of aryl methyl sites for hydroxylation is 1. The van der Waals surface area contributed by atoms with Gasteiger partial charge in [0.1, 0.15) is 0 Å². The maximum atomic E-state index is 12.1. The monoisotopic (exact) mass is 367 g/mol. The van der Waals surface area contributed by atoms with E-state index in [1.54, 1.807) is 0 Å². The lowest BCUT2D eigenvalue weighted by Gasteiger charge is -2.19. The molecule has 6 heteroatoms. The van der Waals surface area contributed by atoms with Gasteiger partial charge in [0.05, 0.1) is 5.71 Å². The molecule has 2 N–H and O–H groups in total. The lowest BCUT2D eigenvalue weighted by Crippen LogP contribution is -2.31. The Labute approximate surface area is 157 Å². The molecule has 5 nitrogen and oxygen atoms in total. The predicted molar refractivity (Wildman–Crippen MR) is 107 cm³/mol. The van der Waals surface area contributed by atoms with E-state index in [4.69, 9.17) is 0 Å². The zero-order chi connectivity index (χ0) is 18.4. The van der Waals surface area contributed by atoms with Gasteiger partial charge in [-0.1, -0.05) is 61.2 Å². The number of rotatable bonds is 5. The number of carbonyl (C=O) groups excluding carboxylic acids is 2. The molecule has 0 saturated heterocycles. The average Bonchev–Trinajstić information content (AvgIpc) is 2.63. The Balaban J connectivity index is 1.51. The zero-order valence-corrected chi connectivity index (χ0v) is 15.4. The zero-order valence-electron chi connectivity index (χ0n) is 14.6. The molecular weight excluding hydrogens is 346 g/mol. The Morgan fingerprint density at radius 1 is 1.19 bits per heavy atom. The van der Waals surface area contributed by atoms with Gasteiger partial charge in [0, 0.05) is 23.8 Å². The van der Waals surface area contributed by atoms with Crippen molar-refractivity contribution in [3.8, 4) is 0 Å². The molecule has 0 radical (unpaired) electrons. The van der Waals surface area contributed by atoms with Crippen molar-refractivity contribution in [2.45, 2.75) is 19.8 Å². The Bertz CT molecular complexity index is 804. The molecule has 2 aromatic rings. The van der Waals surface area contributed by atoms with Gasteiger partial charge in [0.15, 0.2) is 0 Å². The van der Waals surface area contributed by atoms with Crippen molar-refractivity contribution in [2.24, 2.45) is 11.0 Å². The van der Waals surface area contributed by atoms with E-state index in [-0.39, 0.29) is 17.1 Å². The van der Waals surface area contributed by atoms with Crippen LogP contribution in [0.1, 0.15) is 24.5 Å². The molecule has 0 fully saturated rings. The van der Waals surface area contributed by atoms with Crippen LogP contribution in [0.3, 0.4) is 0 Å². The summed E-state index contributed by atoms with van der Waals surface area (Å²) >= 11 is 1.28. The lowest BCUT2D eigenvalue weighted by molar-refractivity contribution is -0.121. The van der Waals surface area contributed by atoms with Crippen LogP contribution < -0.4 is 10.7 Å². The van der Waals surface area contributed by atoms with E-state index in [0.717, 1.165) is 29.1 Å². The molecule has 134 valence electrons. The molecule has 0 aliphatic carbocycles. The van der Waals surface area contributed by atoms with Crippen LogP contribution in [0.2, 0.25) is 0 Å². The molecule has 2 aromatic carbocycles. The fraction of sp³-hybridized carbons (Fsp3) is 0.250. The highest BCUT2D eigenvalue weighted by Crippen LogP contribution is 2.19. The molecule has 0 spiro atoms. The summed E-state index contributed by atoms with van der Waals surface area (Å²) in [5.74, 6) is 0.762. The number of benzene rings is 2. The number of hydrogen-bond donors (Lipinski definition) is 2. The fourth-order valence-electron chi connectivity index (χ4n) is 2.79. The van der Waals surface area contributed by atoms with E-state index in [2.05, 4.69) is 28.0 Å². The SMILES string of the molecule is CC1CC(=O)NN=C1c1ccc(NC(=O)SCCc2ccccc2)cc1. The quantitative estimate of drug-likeness (QED) is 0.837. The normalized spacial score (nSPS) is 16.6. The number of thioether (sulfide) groups is 1. The van der Waals surface area contributed by atoms with E-state index in [1.165, 1.54) is 17.3 Å². The van der Waals surface area contributed by atoms with E-state index in [9.17, 15) is 9.59 Å². The van der Waals surface area contributed by atoms with Gasteiger partial charge in [0.2, 0.25) is 5.91 Å². The van der Waals surface area contributed by atoms with Crippen LogP contribution in [0, 0.1) is 5.92 Å². The first kappa shape index (κ1) is 18.2. The molecule has 0 bridgehead atoms. The Kier molecular flexibility index (Phi) is 6.07. The number of nitrogens with one attached hydrogen (secondary N) is 2. The summed E-state index contributed by atoms with van der Waals surface area (Å²) in [4.78, 5) is 23.4. The number of amides is 2. The van der Waals surface area contributed by atoms with Crippen molar-refractivity contribution < 1.29 is 9.59 Å². The van der Waals surface area contributed by atoms with E-state index >= 15 is 0 Å². The third-order valence-corrected chi connectivity index (χ3v) is 4.93. The van der Waals surface area contributed by atoms with Crippen LogP contribution in [0.4, 0.5) is 10.5 Å². The van der Waals surface area contributed by atoms with Crippen LogP contribution in [-0.4, -0.2) is 22.6 Å². The number of hydrogen-bond acceptors (Lipinski definition) is 4. The smallest absolute Gasteiger partial charge is 0.283 e. The minimum atomic E-state index is -0.0654. The second kappa shape index (κ2) is 8.67. The molecule has 2 amide bonds. The number of hydrazone groups is 1. The highest BCUT2D eigenvalue weighted by Gasteiger charge is 2.21. The Hall–Kier alpha value is -2.60.